The van der Waals surface area contributed by atoms with Crippen molar-refractivity contribution in [2.24, 2.45) is 0 Å². The number of ether oxygens (including phenoxy) is 1. The summed E-state index contributed by atoms with van der Waals surface area (Å²) in [7, 11) is 1.76. The van der Waals surface area contributed by atoms with Gasteiger partial charge in [-0.1, -0.05) is 0 Å². The summed E-state index contributed by atoms with van der Waals surface area (Å²) in [6.07, 6.45) is 10.0. The van der Waals surface area contributed by atoms with Crippen LogP contribution in [0.2, 0.25) is 0 Å². The van der Waals surface area contributed by atoms with Gasteiger partial charge in [-0.2, -0.15) is 5.10 Å². The molecule has 1 saturated heterocycles. The Balaban J connectivity index is 1.74. The number of likely N-dealkylation sites (tertiary alicyclic amines) is 1. The van der Waals surface area contributed by atoms with E-state index in [1.54, 1.807) is 7.11 Å². The molecule has 0 aliphatic carbocycles. The maximum atomic E-state index is 5.21. The second-order valence-electron chi connectivity index (χ2n) is 6.76. The Bertz CT molecular complexity index is 654. The van der Waals surface area contributed by atoms with Gasteiger partial charge in [-0.05, 0) is 33.2 Å². The number of aromatic nitrogens is 4. The molecular formula is C18H27N5O. The lowest BCUT2D eigenvalue weighted by Gasteiger charge is -2.32. The molecule has 0 amide bonds. The molecule has 0 spiro atoms. The first-order valence-corrected chi connectivity index (χ1v) is 8.75. The maximum Gasteiger partial charge on any atom is 0.0920 e. The summed E-state index contributed by atoms with van der Waals surface area (Å²) in [5.74, 6) is 0.447. The van der Waals surface area contributed by atoms with Gasteiger partial charge in [-0.15, -0.1) is 0 Å². The topological polar surface area (TPSA) is 56.1 Å². The standard InChI is InChI=1S/C18H27N5O/c1-14(2)23-13-16(9-20-23)18-11-19-10-17(21-18)15-5-4-6-22(12-15)7-8-24-3/h9-11,13-15H,4-8,12H2,1-3H3/t15-/m1/s1. The molecule has 6 nitrogen and oxygen atoms in total. The fourth-order valence-corrected chi connectivity index (χ4v) is 3.19. The predicted molar refractivity (Wildman–Crippen MR) is 93.9 cm³/mol. The SMILES string of the molecule is COCCN1CCC[C@@H](c2cncc(-c3cnn(C(C)C)c3)n2)C1. The lowest BCUT2D eigenvalue weighted by molar-refractivity contribution is 0.127. The minimum atomic E-state index is 0.350. The molecule has 0 saturated carbocycles. The summed E-state index contributed by atoms with van der Waals surface area (Å²) in [5, 5.41) is 4.41. The van der Waals surface area contributed by atoms with Crippen LogP contribution in [0.5, 0.6) is 0 Å². The third kappa shape index (κ3) is 3.99. The van der Waals surface area contributed by atoms with E-state index in [1.807, 2.05) is 29.5 Å². The number of nitrogens with zero attached hydrogens (tertiary/aromatic N) is 5. The second-order valence-corrected chi connectivity index (χ2v) is 6.76. The molecule has 1 aliphatic rings. The minimum absolute atomic E-state index is 0.350. The molecule has 0 bridgehead atoms. The van der Waals surface area contributed by atoms with E-state index in [0.29, 0.717) is 12.0 Å². The molecule has 2 aromatic heterocycles. The Morgan fingerprint density at radius 2 is 2.17 bits per heavy atom. The van der Waals surface area contributed by atoms with Crippen LogP contribution in [0, 0.1) is 0 Å². The average Bonchev–Trinajstić information content (AvgIpc) is 3.11. The summed E-state index contributed by atoms with van der Waals surface area (Å²) < 4.78 is 7.16. The van der Waals surface area contributed by atoms with Crippen LogP contribution in [0.25, 0.3) is 11.3 Å². The van der Waals surface area contributed by atoms with Crippen molar-refractivity contribution in [1.29, 1.82) is 0 Å². The van der Waals surface area contributed by atoms with Crippen molar-refractivity contribution in [3.05, 3.63) is 30.5 Å². The van der Waals surface area contributed by atoms with Crippen LogP contribution in [0.15, 0.2) is 24.8 Å². The molecule has 0 N–H and O–H groups in total. The Hall–Kier alpha value is -1.79. The van der Waals surface area contributed by atoms with Crippen LogP contribution in [0.4, 0.5) is 0 Å². The van der Waals surface area contributed by atoms with Gasteiger partial charge in [-0.3, -0.25) is 9.67 Å². The smallest absolute Gasteiger partial charge is 0.0920 e. The summed E-state index contributed by atoms with van der Waals surface area (Å²) in [5.41, 5.74) is 3.03. The van der Waals surface area contributed by atoms with Gasteiger partial charge < -0.3 is 9.64 Å². The van der Waals surface area contributed by atoms with Gasteiger partial charge in [0.05, 0.1) is 30.4 Å². The Morgan fingerprint density at radius 1 is 1.29 bits per heavy atom. The van der Waals surface area contributed by atoms with Gasteiger partial charge >= 0.3 is 0 Å². The third-order valence-corrected chi connectivity index (χ3v) is 4.61. The van der Waals surface area contributed by atoms with Gasteiger partial charge in [0.15, 0.2) is 0 Å². The summed E-state index contributed by atoms with van der Waals surface area (Å²) in [6.45, 7) is 8.19. The molecule has 0 aromatic carbocycles. The van der Waals surface area contributed by atoms with Crippen LogP contribution in [-0.2, 0) is 4.74 Å². The maximum absolute atomic E-state index is 5.21. The van der Waals surface area contributed by atoms with Crippen molar-refractivity contribution in [2.75, 3.05) is 33.4 Å². The zero-order valence-electron chi connectivity index (χ0n) is 14.9. The molecule has 130 valence electrons. The summed E-state index contributed by atoms with van der Waals surface area (Å²) in [6, 6.07) is 0.350. The van der Waals surface area contributed by atoms with Gasteiger partial charge in [0.2, 0.25) is 0 Å². The van der Waals surface area contributed by atoms with E-state index in [9.17, 15) is 0 Å². The Kier molecular flexibility index (Phi) is 5.58. The van der Waals surface area contributed by atoms with Crippen molar-refractivity contribution in [3.8, 4) is 11.3 Å². The van der Waals surface area contributed by atoms with E-state index in [4.69, 9.17) is 9.72 Å². The summed E-state index contributed by atoms with van der Waals surface area (Å²) >= 11 is 0. The Morgan fingerprint density at radius 3 is 2.92 bits per heavy atom. The lowest BCUT2D eigenvalue weighted by atomic mass is 9.95. The van der Waals surface area contributed by atoms with Crippen LogP contribution < -0.4 is 0 Å². The van der Waals surface area contributed by atoms with Crippen molar-refractivity contribution < 1.29 is 4.74 Å². The fourth-order valence-electron chi connectivity index (χ4n) is 3.19. The number of rotatable bonds is 6. The van der Waals surface area contributed by atoms with Crippen molar-refractivity contribution >= 4 is 0 Å². The van der Waals surface area contributed by atoms with E-state index < -0.39 is 0 Å². The monoisotopic (exact) mass is 329 g/mol. The zero-order valence-corrected chi connectivity index (χ0v) is 14.9. The molecule has 3 heterocycles. The molecule has 24 heavy (non-hydrogen) atoms. The molecule has 3 rings (SSSR count). The second kappa shape index (κ2) is 7.85. The number of methoxy groups -OCH3 is 1. The van der Waals surface area contributed by atoms with Crippen molar-refractivity contribution in [1.82, 2.24) is 24.6 Å². The number of piperidine rings is 1. The highest BCUT2D eigenvalue weighted by atomic mass is 16.5. The zero-order chi connectivity index (χ0) is 16.9. The van der Waals surface area contributed by atoms with E-state index in [0.717, 1.165) is 43.2 Å². The Labute approximate surface area is 143 Å². The van der Waals surface area contributed by atoms with Crippen LogP contribution in [0.3, 0.4) is 0 Å². The summed E-state index contributed by atoms with van der Waals surface area (Å²) in [4.78, 5) is 11.8. The molecule has 0 unspecified atom stereocenters. The predicted octanol–water partition coefficient (Wildman–Crippen LogP) is 2.75. The van der Waals surface area contributed by atoms with Crippen LogP contribution >= 0.6 is 0 Å². The van der Waals surface area contributed by atoms with Gasteiger partial charge in [0.25, 0.3) is 0 Å². The van der Waals surface area contributed by atoms with Crippen LogP contribution in [0.1, 0.15) is 44.3 Å². The molecule has 1 fully saturated rings. The van der Waals surface area contributed by atoms with E-state index in [-0.39, 0.29) is 0 Å². The third-order valence-electron chi connectivity index (χ3n) is 4.61. The van der Waals surface area contributed by atoms with Crippen molar-refractivity contribution in [2.45, 2.75) is 38.6 Å². The molecule has 0 radical (unpaired) electrons. The first-order chi connectivity index (χ1) is 11.7. The highest BCUT2D eigenvalue weighted by Crippen LogP contribution is 2.27. The van der Waals surface area contributed by atoms with Gasteiger partial charge in [0, 0.05) is 50.1 Å². The number of hydrogen-bond acceptors (Lipinski definition) is 5. The minimum Gasteiger partial charge on any atom is -0.383 e. The lowest BCUT2D eigenvalue weighted by Crippen LogP contribution is -2.36. The first-order valence-electron chi connectivity index (χ1n) is 8.75. The van der Waals surface area contributed by atoms with Gasteiger partial charge in [0.1, 0.15) is 0 Å². The quantitative estimate of drug-likeness (QED) is 0.815. The molecule has 1 aliphatic heterocycles. The first kappa shape index (κ1) is 17.0. The fraction of sp³-hybridized carbons (Fsp3) is 0.611. The molecular weight excluding hydrogens is 302 g/mol. The van der Waals surface area contributed by atoms with Crippen molar-refractivity contribution in [3.63, 3.8) is 0 Å². The van der Waals surface area contributed by atoms with Crippen LogP contribution in [-0.4, -0.2) is 58.0 Å². The highest BCUT2D eigenvalue weighted by Gasteiger charge is 2.22. The highest BCUT2D eigenvalue weighted by molar-refractivity contribution is 5.55. The van der Waals surface area contributed by atoms with Gasteiger partial charge in [-0.25, -0.2) is 4.98 Å². The molecule has 6 heteroatoms. The largest absolute Gasteiger partial charge is 0.383 e. The van der Waals surface area contributed by atoms with E-state index >= 15 is 0 Å². The van der Waals surface area contributed by atoms with E-state index in [1.165, 1.54) is 12.8 Å². The molecule has 1 atom stereocenters. The average molecular weight is 329 g/mol. The van der Waals surface area contributed by atoms with E-state index in [2.05, 4.69) is 28.8 Å². The molecule has 2 aromatic rings. The normalized spacial score (nSPS) is 19.1. The number of hydrogen-bond donors (Lipinski definition) is 0.